The molecule has 4 aromatic carbocycles. The van der Waals surface area contributed by atoms with E-state index in [-0.39, 0.29) is 22.3 Å². The summed E-state index contributed by atoms with van der Waals surface area (Å²) >= 11 is 0. The molecule has 0 amide bonds. The zero-order chi connectivity index (χ0) is 53.3. The molecule has 0 unspecified atom stereocenters. The van der Waals surface area contributed by atoms with Gasteiger partial charge in [-0.15, -0.1) is 0 Å². The molecule has 0 atom stereocenters. The lowest BCUT2D eigenvalue weighted by atomic mass is 9.69. The molecule has 0 spiro atoms. The zero-order valence-corrected chi connectivity index (χ0v) is 40.8. The highest BCUT2D eigenvalue weighted by Crippen LogP contribution is 2.48. The predicted molar refractivity (Wildman–Crippen MR) is 243 cm³/mol. The second-order valence-corrected chi connectivity index (χ2v) is 16.9. The van der Waals surface area contributed by atoms with Gasteiger partial charge in [0.05, 0.1) is 0 Å². The van der Waals surface area contributed by atoms with Crippen LogP contribution in [0.3, 0.4) is 0 Å². The van der Waals surface area contributed by atoms with Crippen LogP contribution in [0.4, 0.5) is 52.7 Å². The maximum Gasteiger partial charge on any atom is 0.438 e. The molecular weight excluding hydrogens is 945 g/mol. The van der Waals surface area contributed by atoms with Crippen LogP contribution in [0, 0.1) is 58.3 Å². The van der Waals surface area contributed by atoms with Gasteiger partial charge in [-0.1, -0.05) is 94.1 Å². The average Bonchev–Trinajstić information content (AvgIpc) is 3.27. The molecule has 4 rings (SSSR count). The summed E-state index contributed by atoms with van der Waals surface area (Å²) in [6.07, 6.45) is -20.5. The smallest absolute Gasteiger partial charge is 0.438 e. The Balaban J connectivity index is 0.000000370. The van der Waals surface area contributed by atoms with E-state index in [1.807, 2.05) is 51.8 Å². The number of methoxy groups -OCH3 is 2. The minimum absolute atomic E-state index is 0.00985. The highest BCUT2D eigenvalue weighted by Gasteiger charge is 2.73. The van der Waals surface area contributed by atoms with E-state index in [2.05, 4.69) is 50.8 Å². The molecule has 0 aliphatic heterocycles. The van der Waals surface area contributed by atoms with Crippen LogP contribution in [0.15, 0.2) is 72.8 Å². The summed E-state index contributed by atoms with van der Waals surface area (Å²) in [7, 11) is 1.84. The van der Waals surface area contributed by atoms with Crippen LogP contribution < -0.4 is 0 Å². The molecule has 0 radical (unpaired) electrons. The standard InChI is InChI=1S/C27H30F6O2.C26H28F6O3/c1-7-24(8-2,22-11-9-18(3)19(4)15-22)23-12-10-21(20(5)16-23)13-14-25(26(28,29)30,27(31,32)33)35-17-34-6;1-6-23(7-2,21-10-11-22(33)18(4)15-21)20-9-8-19(17(3)14-20)12-13-24(25(27,28)29,26(30,31)32)35-16-34-5/h9-12,15-16H,7-8,17H2,1-6H3;8-11,14-15,33H,6-7,16H2,1-5H3. The lowest BCUT2D eigenvalue weighted by molar-refractivity contribution is -0.368. The van der Waals surface area contributed by atoms with Crippen molar-refractivity contribution in [3.05, 3.63) is 134 Å². The molecular formula is C53H58F12O5. The van der Waals surface area contributed by atoms with Gasteiger partial charge in [-0.2, -0.15) is 52.7 Å². The van der Waals surface area contributed by atoms with Gasteiger partial charge in [-0.05, 0) is 140 Å². The Labute approximate surface area is 401 Å². The summed E-state index contributed by atoms with van der Waals surface area (Å²) in [5.74, 6) is 6.92. The molecule has 1 N–H and O–H groups in total. The average molecular weight is 1000 g/mol. The topological polar surface area (TPSA) is 57.2 Å². The number of benzene rings is 4. The number of rotatable bonds is 14. The van der Waals surface area contributed by atoms with Gasteiger partial charge < -0.3 is 24.1 Å². The van der Waals surface area contributed by atoms with Crippen LogP contribution >= 0.6 is 0 Å². The number of phenolic OH excluding ortho intramolecular Hbond substituents is 1. The minimum atomic E-state index is -5.85. The Morgan fingerprint density at radius 1 is 0.414 bits per heavy atom. The van der Waals surface area contributed by atoms with Gasteiger partial charge in [0, 0.05) is 36.2 Å². The Bertz CT molecular complexity index is 2320. The van der Waals surface area contributed by atoms with Crippen molar-refractivity contribution in [3.8, 4) is 29.4 Å². The lowest BCUT2D eigenvalue weighted by Crippen LogP contribution is -2.58. The van der Waals surface area contributed by atoms with Gasteiger partial charge in [-0.3, -0.25) is 0 Å². The van der Waals surface area contributed by atoms with Gasteiger partial charge in [0.1, 0.15) is 19.3 Å². The minimum Gasteiger partial charge on any atom is -0.508 e. The largest absolute Gasteiger partial charge is 0.508 e. The van der Waals surface area contributed by atoms with E-state index in [9.17, 15) is 57.8 Å². The molecule has 70 heavy (non-hydrogen) atoms. The molecule has 0 saturated heterocycles. The summed E-state index contributed by atoms with van der Waals surface area (Å²) in [4.78, 5) is 0. The normalized spacial score (nSPS) is 12.9. The first kappa shape index (κ1) is 59.1. The number of hydrogen-bond donors (Lipinski definition) is 1. The van der Waals surface area contributed by atoms with Gasteiger partial charge in [-0.25, -0.2) is 0 Å². The van der Waals surface area contributed by atoms with Crippen molar-refractivity contribution in [2.24, 2.45) is 0 Å². The van der Waals surface area contributed by atoms with E-state index < -0.39 is 54.9 Å². The number of halogens is 12. The first-order valence-electron chi connectivity index (χ1n) is 22.1. The third kappa shape index (κ3) is 12.1. The van der Waals surface area contributed by atoms with E-state index in [1.54, 1.807) is 51.1 Å². The van der Waals surface area contributed by atoms with Crippen LogP contribution in [0.1, 0.15) is 115 Å². The Morgan fingerprint density at radius 2 is 0.714 bits per heavy atom. The molecule has 17 heteroatoms. The summed E-state index contributed by atoms with van der Waals surface area (Å²) in [6.45, 7) is 14.6. The highest BCUT2D eigenvalue weighted by atomic mass is 19.4. The fourth-order valence-electron chi connectivity index (χ4n) is 8.27. The van der Waals surface area contributed by atoms with E-state index in [0.29, 0.717) is 29.5 Å². The van der Waals surface area contributed by atoms with Crippen molar-refractivity contribution < 1.29 is 76.7 Å². The molecule has 384 valence electrons. The molecule has 0 saturated carbocycles. The van der Waals surface area contributed by atoms with Crippen LogP contribution in [0.25, 0.3) is 0 Å². The van der Waals surface area contributed by atoms with E-state index in [1.165, 1.54) is 24.0 Å². The number of ether oxygens (including phenoxy) is 4. The maximum atomic E-state index is 13.6. The number of aromatic hydroxyl groups is 1. The second-order valence-electron chi connectivity index (χ2n) is 16.9. The number of aryl methyl sites for hydroxylation is 5. The van der Waals surface area contributed by atoms with Crippen LogP contribution in [0.2, 0.25) is 0 Å². The van der Waals surface area contributed by atoms with Crippen molar-refractivity contribution in [2.75, 3.05) is 27.8 Å². The van der Waals surface area contributed by atoms with Gasteiger partial charge in [0.2, 0.25) is 0 Å². The van der Waals surface area contributed by atoms with Crippen molar-refractivity contribution >= 4 is 0 Å². The van der Waals surface area contributed by atoms with Crippen molar-refractivity contribution in [1.82, 2.24) is 0 Å². The Kier molecular flexibility index (Phi) is 19.3. The first-order valence-corrected chi connectivity index (χ1v) is 22.1. The van der Waals surface area contributed by atoms with E-state index in [0.717, 1.165) is 60.4 Å². The highest BCUT2D eigenvalue weighted by molar-refractivity contribution is 5.52. The molecule has 0 aliphatic rings. The van der Waals surface area contributed by atoms with Crippen molar-refractivity contribution in [1.29, 1.82) is 0 Å². The predicted octanol–water partition coefficient (Wildman–Crippen LogP) is 14.5. The van der Waals surface area contributed by atoms with Crippen molar-refractivity contribution in [2.45, 2.75) is 135 Å². The molecule has 5 nitrogen and oxygen atoms in total. The lowest BCUT2D eigenvalue weighted by Gasteiger charge is -2.34. The van der Waals surface area contributed by atoms with Gasteiger partial charge in [0.15, 0.2) is 0 Å². The fourth-order valence-corrected chi connectivity index (χ4v) is 8.27. The SMILES string of the molecule is CCC(CC)(c1ccc(C)c(C)c1)c1ccc(C#CC(OCOC)(C(F)(F)F)C(F)(F)F)c(C)c1.CCC(CC)(c1ccc(O)c(C)c1)c1ccc(C#CC(OCOC)(C(F)(F)F)C(F)(F)F)c(C)c1. The molecule has 0 aliphatic carbocycles. The van der Waals surface area contributed by atoms with Gasteiger partial charge >= 0.3 is 35.9 Å². The molecule has 4 aromatic rings. The molecule has 0 fully saturated rings. The Hall–Kier alpha value is -5.20. The van der Waals surface area contributed by atoms with Crippen LogP contribution in [-0.2, 0) is 29.8 Å². The fraction of sp³-hybridized carbons (Fsp3) is 0.472. The molecule has 0 aromatic heterocycles. The monoisotopic (exact) mass is 1000 g/mol. The first-order chi connectivity index (χ1) is 32.4. The van der Waals surface area contributed by atoms with E-state index in [4.69, 9.17) is 0 Å². The summed E-state index contributed by atoms with van der Waals surface area (Å²) in [5, 5.41) is 9.91. The third-order valence-electron chi connectivity index (χ3n) is 12.9. The third-order valence-corrected chi connectivity index (χ3v) is 12.9. The number of alkyl halides is 12. The number of hydrogen-bond acceptors (Lipinski definition) is 5. The molecule has 0 bridgehead atoms. The van der Waals surface area contributed by atoms with E-state index >= 15 is 0 Å². The van der Waals surface area contributed by atoms with Crippen molar-refractivity contribution in [3.63, 3.8) is 0 Å². The summed E-state index contributed by atoms with van der Waals surface area (Å²) < 4.78 is 179. The summed E-state index contributed by atoms with van der Waals surface area (Å²) in [5.41, 5.74) is -2.46. The van der Waals surface area contributed by atoms with Crippen LogP contribution in [0.5, 0.6) is 5.75 Å². The number of phenols is 1. The zero-order valence-electron chi connectivity index (χ0n) is 40.8. The van der Waals surface area contributed by atoms with Crippen LogP contribution in [-0.4, -0.2) is 68.8 Å². The van der Waals surface area contributed by atoms with Gasteiger partial charge in [0.25, 0.3) is 0 Å². The Morgan fingerprint density at radius 3 is 0.986 bits per heavy atom. The quantitative estimate of drug-likeness (QED) is 0.0775. The summed E-state index contributed by atoms with van der Waals surface area (Å²) in [6, 6.07) is 21.3. The second kappa shape index (κ2) is 22.9. The molecule has 0 heterocycles. The maximum absolute atomic E-state index is 13.6.